The van der Waals surface area contributed by atoms with Gasteiger partial charge in [-0.25, -0.2) is 0 Å². The molecular weight excluding hydrogens is 270 g/mol. The number of piperidine rings is 1. The van der Waals surface area contributed by atoms with Crippen LogP contribution in [-0.2, 0) is 0 Å². The van der Waals surface area contributed by atoms with Gasteiger partial charge in [-0.1, -0.05) is 43.2 Å². The second-order valence-corrected chi connectivity index (χ2v) is 6.14. The molecule has 1 aromatic rings. The lowest BCUT2D eigenvalue weighted by atomic mass is 9.86. The lowest BCUT2D eigenvalue weighted by Gasteiger charge is -2.41. The van der Waals surface area contributed by atoms with E-state index < -0.39 is 0 Å². The van der Waals surface area contributed by atoms with Crippen LogP contribution in [0.4, 0.5) is 0 Å². The van der Waals surface area contributed by atoms with Gasteiger partial charge in [-0.2, -0.15) is 0 Å². The molecule has 0 aromatic heterocycles. The highest BCUT2D eigenvalue weighted by Gasteiger charge is 2.31. The minimum Gasteiger partial charge on any atom is -0.391 e. The molecule has 1 aliphatic heterocycles. The molecule has 1 saturated carbocycles. The molecule has 112 valence electrons. The molecule has 0 amide bonds. The Morgan fingerprint density at radius 3 is 2.20 bits per heavy atom. The quantitative estimate of drug-likeness (QED) is 0.901. The molecule has 1 N–H and O–H groups in total. The summed E-state index contributed by atoms with van der Waals surface area (Å²) in [4.78, 5) is 2.54. The number of aliphatic hydroxyl groups excluding tert-OH is 1. The third-order valence-corrected chi connectivity index (χ3v) is 4.96. The molecule has 1 aromatic carbocycles. The second kappa shape index (κ2) is 7.44. The Kier molecular flexibility index (Phi) is 5.88. The van der Waals surface area contributed by atoms with Crippen LogP contribution in [0.25, 0.3) is 0 Å². The number of benzene rings is 1. The number of halogens is 1. The minimum absolute atomic E-state index is 0. The summed E-state index contributed by atoms with van der Waals surface area (Å²) in [5.74, 6) is 0.721. The van der Waals surface area contributed by atoms with E-state index in [0.717, 1.165) is 25.4 Å². The molecule has 2 atom stereocenters. The average molecular weight is 296 g/mol. The van der Waals surface area contributed by atoms with Crippen molar-refractivity contribution < 1.29 is 5.11 Å². The standard InChI is InChI=1S/C17H25NO.ClH/c19-17-9-5-4-8-16(17)18-12-10-15(11-13-18)14-6-2-1-3-7-14;/h1-3,6-7,15-17,19H,4-5,8-13H2;1H/t16-,17-;/m0./s1. The van der Waals surface area contributed by atoms with Gasteiger partial charge < -0.3 is 5.11 Å². The fourth-order valence-electron chi connectivity index (χ4n) is 3.81. The molecule has 1 aliphatic carbocycles. The van der Waals surface area contributed by atoms with Crippen LogP contribution >= 0.6 is 12.4 Å². The summed E-state index contributed by atoms with van der Waals surface area (Å²) in [6.07, 6.45) is 7.10. The molecule has 1 saturated heterocycles. The van der Waals surface area contributed by atoms with E-state index in [1.807, 2.05) is 0 Å². The number of likely N-dealkylation sites (tertiary alicyclic amines) is 1. The van der Waals surface area contributed by atoms with Crippen molar-refractivity contribution in [3.63, 3.8) is 0 Å². The predicted molar refractivity (Wildman–Crippen MR) is 85.5 cm³/mol. The van der Waals surface area contributed by atoms with E-state index in [9.17, 15) is 5.11 Å². The SMILES string of the molecule is Cl.O[C@H]1CCCC[C@@H]1N1CCC(c2ccccc2)CC1. The maximum Gasteiger partial charge on any atom is 0.0695 e. The van der Waals surface area contributed by atoms with Crippen LogP contribution in [0.5, 0.6) is 0 Å². The molecule has 0 radical (unpaired) electrons. The van der Waals surface area contributed by atoms with Crippen molar-refractivity contribution in [1.29, 1.82) is 0 Å². The number of rotatable bonds is 2. The van der Waals surface area contributed by atoms with Gasteiger partial charge in [-0.3, -0.25) is 4.90 Å². The Hall–Kier alpha value is -0.570. The summed E-state index contributed by atoms with van der Waals surface area (Å²) in [7, 11) is 0. The molecule has 0 spiro atoms. The van der Waals surface area contributed by atoms with Crippen LogP contribution < -0.4 is 0 Å². The zero-order chi connectivity index (χ0) is 13.1. The Labute approximate surface area is 128 Å². The maximum absolute atomic E-state index is 10.2. The van der Waals surface area contributed by atoms with E-state index in [1.165, 1.54) is 37.7 Å². The normalized spacial score (nSPS) is 28.9. The molecule has 0 unspecified atom stereocenters. The van der Waals surface area contributed by atoms with Crippen LogP contribution in [0.2, 0.25) is 0 Å². The monoisotopic (exact) mass is 295 g/mol. The summed E-state index contributed by atoms with van der Waals surface area (Å²) in [6, 6.07) is 11.3. The predicted octanol–water partition coefficient (Wildman–Crippen LogP) is 3.59. The average Bonchev–Trinajstić information content (AvgIpc) is 2.49. The minimum atomic E-state index is -0.0815. The molecule has 1 heterocycles. The first-order chi connectivity index (χ1) is 9.34. The Bertz CT molecular complexity index is 389. The number of hydrogen-bond donors (Lipinski definition) is 1. The molecule has 2 fully saturated rings. The van der Waals surface area contributed by atoms with Crippen molar-refractivity contribution in [3.8, 4) is 0 Å². The van der Waals surface area contributed by atoms with Gasteiger partial charge in [0.15, 0.2) is 0 Å². The Morgan fingerprint density at radius 2 is 1.55 bits per heavy atom. The topological polar surface area (TPSA) is 23.5 Å². The van der Waals surface area contributed by atoms with Crippen LogP contribution in [0.3, 0.4) is 0 Å². The summed E-state index contributed by atoms with van der Waals surface area (Å²) in [5, 5.41) is 10.2. The fraction of sp³-hybridized carbons (Fsp3) is 0.647. The van der Waals surface area contributed by atoms with Gasteiger partial charge in [0.1, 0.15) is 0 Å². The van der Waals surface area contributed by atoms with Gasteiger partial charge in [-0.15, -0.1) is 12.4 Å². The highest BCUT2D eigenvalue weighted by Crippen LogP contribution is 2.31. The summed E-state index contributed by atoms with van der Waals surface area (Å²) in [6.45, 7) is 2.31. The van der Waals surface area contributed by atoms with Crippen molar-refractivity contribution in [1.82, 2.24) is 4.90 Å². The first-order valence-corrected chi connectivity index (χ1v) is 7.81. The number of nitrogens with zero attached hydrogens (tertiary/aromatic N) is 1. The summed E-state index contributed by atoms with van der Waals surface area (Å²) in [5.41, 5.74) is 1.49. The zero-order valence-electron chi connectivity index (χ0n) is 12.1. The van der Waals surface area contributed by atoms with E-state index in [1.54, 1.807) is 0 Å². The van der Waals surface area contributed by atoms with E-state index in [4.69, 9.17) is 0 Å². The third-order valence-electron chi connectivity index (χ3n) is 4.96. The highest BCUT2D eigenvalue weighted by atomic mass is 35.5. The van der Waals surface area contributed by atoms with Crippen LogP contribution in [-0.4, -0.2) is 35.2 Å². The third kappa shape index (κ3) is 3.55. The van der Waals surface area contributed by atoms with Crippen LogP contribution in [0, 0.1) is 0 Å². The smallest absolute Gasteiger partial charge is 0.0695 e. The van der Waals surface area contributed by atoms with Crippen molar-refractivity contribution in [2.75, 3.05) is 13.1 Å². The maximum atomic E-state index is 10.2. The highest BCUT2D eigenvalue weighted by molar-refractivity contribution is 5.85. The van der Waals surface area contributed by atoms with Crippen molar-refractivity contribution in [3.05, 3.63) is 35.9 Å². The molecule has 0 bridgehead atoms. The Morgan fingerprint density at radius 1 is 0.900 bits per heavy atom. The van der Waals surface area contributed by atoms with Gasteiger partial charge in [0, 0.05) is 6.04 Å². The number of aliphatic hydroxyl groups is 1. The largest absolute Gasteiger partial charge is 0.391 e. The van der Waals surface area contributed by atoms with Crippen molar-refractivity contribution in [2.24, 2.45) is 0 Å². The first-order valence-electron chi connectivity index (χ1n) is 7.81. The van der Waals surface area contributed by atoms with E-state index in [-0.39, 0.29) is 18.5 Å². The first kappa shape index (κ1) is 15.8. The van der Waals surface area contributed by atoms with E-state index in [2.05, 4.69) is 35.2 Å². The Balaban J connectivity index is 0.00000147. The molecule has 3 heteroatoms. The summed E-state index contributed by atoms with van der Waals surface area (Å²) >= 11 is 0. The van der Waals surface area contributed by atoms with Gasteiger partial charge >= 0.3 is 0 Å². The molecule has 2 nitrogen and oxygen atoms in total. The van der Waals surface area contributed by atoms with E-state index in [0.29, 0.717) is 6.04 Å². The lowest BCUT2D eigenvalue weighted by Crippen LogP contribution is -2.48. The zero-order valence-corrected chi connectivity index (χ0v) is 12.9. The lowest BCUT2D eigenvalue weighted by molar-refractivity contribution is 0.00871. The van der Waals surface area contributed by atoms with Crippen molar-refractivity contribution >= 4 is 12.4 Å². The second-order valence-electron chi connectivity index (χ2n) is 6.14. The van der Waals surface area contributed by atoms with Gasteiger partial charge in [-0.05, 0) is 50.3 Å². The van der Waals surface area contributed by atoms with Crippen molar-refractivity contribution in [2.45, 2.75) is 56.6 Å². The molecular formula is C17H26ClNO. The molecule has 2 aliphatic rings. The van der Waals surface area contributed by atoms with Gasteiger partial charge in [0.25, 0.3) is 0 Å². The van der Waals surface area contributed by atoms with Gasteiger partial charge in [0.05, 0.1) is 6.10 Å². The van der Waals surface area contributed by atoms with Crippen LogP contribution in [0.15, 0.2) is 30.3 Å². The van der Waals surface area contributed by atoms with Crippen LogP contribution in [0.1, 0.15) is 50.0 Å². The molecule has 3 rings (SSSR count). The number of hydrogen-bond acceptors (Lipinski definition) is 2. The summed E-state index contributed by atoms with van der Waals surface area (Å²) < 4.78 is 0. The fourth-order valence-corrected chi connectivity index (χ4v) is 3.81. The van der Waals surface area contributed by atoms with E-state index >= 15 is 0 Å². The molecule has 20 heavy (non-hydrogen) atoms. The van der Waals surface area contributed by atoms with Gasteiger partial charge in [0.2, 0.25) is 0 Å².